The van der Waals surface area contributed by atoms with E-state index in [1.807, 2.05) is 6.07 Å². The molecule has 19 heavy (non-hydrogen) atoms. The van der Waals surface area contributed by atoms with Crippen LogP contribution in [0.3, 0.4) is 0 Å². The smallest absolute Gasteiger partial charge is 0.311 e. The highest BCUT2D eigenvalue weighted by Gasteiger charge is 2.20. The molecule has 5 heteroatoms. The van der Waals surface area contributed by atoms with Crippen molar-refractivity contribution in [2.75, 3.05) is 20.3 Å². The quantitative estimate of drug-likeness (QED) is 0.451. The van der Waals surface area contributed by atoms with Crippen LogP contribution in [0.25, 0.3) is 0 Å². The Morgan fingerprint density at radius 2 is 1.89 bits per heavy atom. The van der Waals surface area contributed by atoms with Gasteiger partial charge in [-0.05, 0) is 42.9 Å². The number of methoxy groups -OCH3 is 1. The van der Waals surface area contributed by atoms with Crippen molar-refractivity contribution < 1.29 is 14.4 Å². The summed E-state index contributed by atoms with van der Waals surface area (Å²) in [6.45, 7) is 1.03. The first-order valence-corrected chi connectivity index (χ1v) is 6.64. The molecule has 0 aliphatic heterocycles. The van der Waals surface area contributed by atoms with Gasteiger partial charge in [0.25, 0.3) is 0 Å². The predicted octanol–water partition coefficient (Wildman–Crippen LogP) is 2.89. The number of hydrogen-bond acceptors (Lipinski definition) is 4. The van der Waals surface area contributed by atoms with Crippen molar-refractivity contribution in [2.45, 2.75) is 32.1 Å². The maximum absolute atomic E-state index is 11.1. The lowest BCUT2D eigenvalue weighted by atomic mass is 9.91. The van der Waals surface area contributed by atoms with E-state index in [9.17, 15) is 10.1 Å². The first-order chi connectivity index (χ1) is 9.22. The van der Waals surface area contributed by atoms with E-state index in [2.05, 4.69) is 0 Å². The third-order valence-corrected chi connectivity index (χ3v) is 3.37. The second-order valence-electron chi connectivity index (χ2n) is 4.75. The minimum Gasteiger partial charge on any atom is -0.487 e. The third kappa shape index (κ3) is 3.44. The highest BCUT2D eigenvalue weighted by molar-refractivity contribution is 5.52. The van der Waals surface area contributed by atoms with Crippen LogP contribution >= 0.6 is 0 Å². The van der Waals surface area contributed by atoms with E-state index in [4.69, 9.17) is 9.47 Å². The molecular formula is C14H19NO4. The molecule has 0 saturated carbocycles. The fourth-order valence-electron chi connectivity index (χ4n) is 2.39. The number of nitrogens with zero attached hydrogens (tertiary/aromatic N) is 1. The van der Waals surface area contributed by atoms with Gasteiger partial charge in [0, 0.05) is 26.2 Å². The molecule has 0 saturated heterocycles. The zero-order valence-electron chi connectivity index (χ0n) is 11.2. The number of ether oxygens (including phenoxy) is 2. The van der Waals surface area contributed by atoms with Crippen molar-refractivity contribution in [2.24, 2.45) is 0 Å². The van der Waals surface area contributed by atoms with Crippen LogP contribution in [0.4, 0.5) is 5.69 Å². The lowest BCUT2D eigenvalue weighted by Gasteiger charge is -2.17. The molecule has 5 nitrogen and oxygen atoms in total. The number of rotatable bonds is 6. The summed E-state index contributed by atoms with van der Waals surface area (Å²) in [7, 11) is 1.63. The van der Waals surface area contributed by atoms with Gasteiger partial charge in [-0.1, -0.05) is 0 Å². The Hall–Kier alpha value is -1.62. The van der Waals surface area contributed by atoms with Crippen molar-refractivity contribution in [3.8, 4) is 5.75 Å². The van der Waals surface area contributed by atoms with Crippen LogP contribution in [-0.2, 0) is 17.6 Å². The summed E-state index contributed by atoms with van der Waals surface area (Å²) in [6.07, 6.45) is 4.90. The molecule has 0 unspecified atom stereocenters. The molecule has 0 aromatic heterocycles. The lowest BCUT2D eigenvalue weighted by molar-refractivity contribution is -0.386. The molecule has 1 aromatic carbocycles. The van der Waals surface area contributed by atoms with Gasteiger partial charge >= 0.3 is 5.69 Å². The monoisotopic (exact) mass is 265 g/mol. The Morgan fingerprint density at radius 1 is 1.21 bits per heavy atom. The van der Waals surface area contributed by atoms with Crippen LogP contribution in [0, 0.1) is 10.1 Å². The average molecular weight is 265 g/mol. The minimum absolute atomic E-state index is 0.0815. The molecule has 1 aromatic rings. The Morgan fingerprint density at radius 3 is 2.53 bits per heavy atom. The minimum atomic E-state index is -0.361. The van der Waals surface area contributed by atoms with E-state index in [1.165, 1.54) is 5.56 Å². The molecule has 0 heterocycles. The second kappa shape index (κ2) is 6.52. The van der Waals surface area contributed by atoms with E-state index in [0.717, 1.165) is 37.7 Å². The zero-order chi connectivity index (χ0) is 13.7. The molecule has 0 N–H and O–H groups in total. The number of aryl methyl sites for hydroxylation is 2. The van der Waals surface area contributed by atoms with E-state index in [-0.39, 0.29) is 10.6 Å². The number of fused-ring (bicyclic) bond motifs is 1. The predicted molar refractivity (Wildman–Crippen MR) is 71.7 cm³/mol. The molecule has 0 bridgehead atoms. The number of hydrogen-bond donors (Lipinski definition) is 0. The summed E-state index contributed by atoms with van der Waals surface area (Å²) in [6, 6.07) is 3.53. The topological polar surface area (TPSA) is 61.6 Å². The molecule has 1 aliphatic carbocycles. The maximum atomic E-state index is 11.1. The fourth-order valence-corrected chi connectivity index (χ4v) is 2.39. The summed E-state index contributed by atoms with van der Waals surface area (Å²) in [4.78, 5) is 10.7. The van der Waals surface area contributed by atoms with Gasteiger partial charge in [0.2, 0.25) is 0 Å². The second-order valence-corrected chi connectivity index (χ2v) is 4.75. The van der Waals surface area contributed by atoms with Crippen molar-refractivity contribution >= 4 is 5.69 Å². The van der Waals surface area contributed by atoms with Crippen molar-refractivity contribution in [1.82, 2.24) is 0 Å². The van der Waals surface area contributed by atoms with Crippen LogP contribution < -0.4 is 4.74 Å². The Balaban J connectivity index is 2.17. The third-order valence-electron chi connectivity index (χ3n) is 3.37. The van der Waals surface area contributed by atoms with Crippen LogP contribution in [0.15, 0.2) is 12.1 Å². The van der Waals surface area contributed by atoms with Gasteiger partial charge in [-0.25, -0.2) is 0 Å². The van der Waals surface area contributed by atoms with Gasteiger partial charge in [0.05, 0.1) is 11.5 Å². The van der Waals surface area contributed by atoms with E-state index in [0.29, 0.717) is 19.0 Å². The summed E-state index contributed by atoms with van der Waals surface area (Å²) < 4.78 is 10.5. The SMILES string of the molecule is COCCCOc1cc2c(cc1[N+](=O)[O-])CCCC2. The molecular weight excluding hydrogens is 246 g/mol. The van der Waals surface area contributed by atoms with Gasteiger partial charge in [-0.15, -0.1) is 0 Å². The van der Waals surface area contributed by atoms with Crippen LogP contribution in [0.2, 0.25) is 0 Å². The first kappa shape index (κ1) is 13.8. The molecule has 104 valence electrons. The highest BCUT2D eigenvalue weighted by Crippen LogP contribution is 2.34. The van der Waals surface area contributed by atoms with Crippen molar-refractivity contribution in [3.05, 3.63) is 33.4 Å². The summed E-state index contributed by atoms with van der Waals surface area (Å²) in [5.74, 6) is 0.391. The van der Waals surface area contributed by atoms with Crippen molar-refractivity contribution in [3.63, 3.8) is 0 Å². The number of nitro groups is 1. The fraction of sp³-hybridized carbons (Fsp3) is 0.571. The van der Waals surface area contributed by atoms with Crippen molar-refractivity contribution in [1.29, 1.82) is 0 Å². The standard InChI is InChI=1S/C14H19NO4/c1-18-7-4-8-19-14-10-12-6-3-2-5-11(12)9-13(14)15(16)17/h9-10H,2-8H2,1H3. The molecule has 1 aliphatic rings. The van der Waals surface area contributed by atoms with E-state index >= 15 is 0 Å². The first-order valence-electron chi connectivity index (χ1n) is 6.64. The molecule has 2 rings (SSSR count). The summed E-state index contributed by atoms with van der Waals surface area (Å²) in [5, 5.41) is 11.1. The summed E-state index contributed by atoms with van der Waals surface area (Å²) >= 11 is 0. The van der Waals surface area contributed by atoms with Crippen LogP contribution in [0.5, 0.6) is 5.75 Å². The van der Waals surface area contributed by atoms with Gasteiger partial charge < -0.3 is 9.47 Å². The maximum Gasteiger partial charge on any atom is 0.311 e. The molecule has 0 radical (unpaired) electrons. The van der Waals surface area contributed by atoms with Gasteiger partial charge in [0.1, 0.15) is 0 Å². The molecule has 0 fully saturated rings. The molecule has 0 amide bonds. The Bertz CT molecular complexity index is 459. The summed E-state index contributed by atoms with van der Waals surface area (Å²) in [5.41, 5.74) is 2.37. The Kier molecular flexibility index (Phi) is 4.74. The van der Waals surface area contributed by atoms with E-state index in [1.54, 1.807) is 13.2 Å². The zero-order valence-corrected chi connectivity index (χ0v) is 11.2. The van der Waals surface area contributed by atoms with Gasteiger partial charge in [-0.3, -0.25) is 10.1 Å². The van der Waals surface area contributed by atoms with Gasteiger partial charge in [-0.2, -0.15) is 0 Å². The normalized spacial score (nSPS) is 13.9. The largest absolute Gasteiger partial charge is 0.487 e. The van der Waals surface area contributed by atoms with Crippen LogP contribution in [0.1, 0.15) is 30.4 Å². The van der Waals surface area contributed by atoms with E-state index < -0.39 is 0 Å². The molecule has 0 atom stereocenters. The average Bonchev–Trinajstić information content (AvgIpc) is 2.42. The van der Waals surface area contributed by atoms with Gasteiger partial charge in [0.15, 0.2) is 5.75 Å². The highest BCUT2D eigenvalue weighted by atomic mass is 16.6. The van der Waals surface area contributed by atoms with Crippen LogP contribution in [-0.4, -0.2) is 25.2 Å². The Labute approximate surface area is 112 Å². The lowest BCUT2D eigenvalue weighted by Crippen LogP contribution is -2.07. The number of nitro benzene ring substituents is 1. The molecule has 0 spiro atoms. The number of benzene rings is 1.